The maximum atomic E-state index is 12.4. The van der Waals surface area contributed by atoms with Crippen LogP contribution in [0.5, 0.6) is 0 Å². The van der Waals surface area contributed by atoms with Gasteiger partial charge in [0.2, 0.25) is 15.9 Å². The number of sulfonamides is 1. The molecule has 1 amide bonds. The highest BCUT2D eigenvalue weighted by Crippen LogP contribution is 2.15. The van der Waals surface area contributed by atoms with Crippen LogP contribution in [0, 0.1) is 0 Å². The molecule has 0 fully saturated rings. The number of carbonyl (C=O) groups is 1. The van der Waals surface area contributed by atoms with Crippen LogP contribution in [0.3, 0.4) is 0 Å². The molecule has 1 rings (SSSR count). The number of amides is 1. The molecule has 20 heavy (non-hydrogen) atoms. The maximum Gasteiger partial charge on any atom is 0.245 e. The molecule has 0 bridgehead atoms. The summed E-state index contributed by atoms with van der Waals surface area (Å²) in [5, 5.41) is 2.42. The summed E-state index contributed by atoms with van der Waals surface area (Å²) in [5.41, 5.74) is 6.03. The Hall–Kier alpha value is -1.51. The molecule has 0 saturated heterocycles. The summed E-state index contributed by atoms with van der Waals surface area (Å²) in [6.07, 6.45) is 1.88. The van der Waals surface area contributed by atoms with Gasteiger partial charge in [0.05, 0.1) is 12.2 Å². The minimum absolute atomic E-state index is 0.0621. The number of nitrogens with one attached hydrogen (secondary N) is 1. The van der Waals surface area contributed by atoms with Gasteiger partial charge < -0.3 is 11.1 Å². The van der Waals surface area contributed by atoms with Crippen LogP contribution in [0.25, 0.3) is 0 Å². The highest BCUT2D eigenvalue weighted by Gasteiger charge is 2.25. The number of aromatic nitrogens is 1. The van der Waals surface area contributed by atoms with Gasteiger partial charge in [-0.2, -0.15) is 4.31 Å². The molecule has 1 heterocycles. The first-order valence-corrected chi connectivity index (χ1v) is 7.75. The molecule has 8 heteroatoms. The van der Waals surface area contributed by atoms with Gasteiger partial charge in [0, 0.05) is 26.3 Å². The molecule has 0 aliphatic rings. The van der Waals surface area contributed by atoms with E-state index in [9.17, 15) is 13.2 Å². The maximum absolute atomic E-state index is 12.4. The molecular formula is C12H20N4O3S. The minimum atomic E-state index is -3.72. The predicted octanol–water partition coefficient (Wildman–Crippen LogP) is -0.313. The Morgan fingerprint density at radius 2 is 2.15 bits per heavy atom. The van der Waals surface area contributed by atoms with E-state index in [1.165, 1.54) is 19.3 Å². The molecule has 112 valence electrons. The lowest BCUT2D eigenvalue weighted by atomic mass is 10.4. The molecule has 0 aliphatic heterocycles. The average Bonchev–Trinajstić information content (AvgIpc) is 2.46. The van der Waals surface area contributed by atoms with E-state index in [0.29, 0.717) is 12.1 Å². The van der Waals surface area contributed by atoms with Crippen LogP contribution in [0.1, 0.15) is 19.0 Å². The summed E-state index contributed by atoms with van der Waals surface area (Å²) < 4.78 is 26.0. The predicted molar refractivity (Wildman–Crippen MR) is 75.2 cm³/mol. The number of hydrogen-bond acceptors (Lipinski definition) is 5. The molecule has 0 aromatic carbocycles. The van der Waals surface area contributed by atoms with E-state index in [2.05, 4.69) is 10.3 Å². The van der Waals surface area contributed by atoms with Gasteiger partial charge in [-0.25, -0.2) is 8.42 Å². The Labute approximate surface area is 119 Å². The monoisotopic (exact) mass is 300 g/mol. The Morgan fingerprint density at radius 3 is 2.60 bits per heavy atom. The van der Waals surface area contributed by atoms with Crippen molar-refractivity contribution in [3.8, 4) is 0 Å². The molecule has 3 N–H and O–H groups in total. The lowest BCUT2D eigenvalue weighted by Gasteiger charge is -2.20. The lowest BCUT2D eigenvalue weighted by molar-refractivity contribution is -0.120. The summed E-state index contributed by atoms with van der Waals surface area (Å²) in [6, 6.07) is 3.02. The fourth-order valence-electron chi connectivity index (χ4n) is 1.61. The molecular weight excluding hydrogens is 280 g/mol. The highest BCUT2D eigenvalue weighted by atomic mass is 32.2. The van der Waals surface area contributed by atoms with Crippen LogP contribution in [0.4, 0.5) is 0 Å². The Morgan fingerprint density at radius 1 is 1.45 bits per heavy atom. The van der Waals surface area contributed by atoms with Crippen LogP contribution in [0.2, 0.25) is 0 Å². The first-order valence-electron chi connectivity index (χ1n) is 6.31. The lowest BCUT2D eigenvalue weighted by Crippen LogP contribution is -2.40. The first kappa shape index (κ1) is 16.5. The van der Waals surface area contributed by atoms with E-state index in [-0.39, 0.29) is 30.4 Å². The molecule has 0 aliphatic carbocycles. The van der Waals surface area contributed by atoms with Crippen molar-refractivity contribution in [3.05, 3.63) is 24.0 Å². The summed E-state index contributed by atoms with van der Waals surface area (Å²) in [7, 11) is -2.26. The third kappa shape index (κ3) is 3.99. The number of rotatable bonds is 7. The SMILES string of the molecule is CCCN(CC(=O)NC)S(=O)(=O)c1ccc(CN)nc1. The van der Waals surface area contributed by atoms with Gasteiger partial charge in [-0.1, -0.05) is 6.92 Å². The fraction of sp³-hybridized carbons (Fsp3) is 0.500. The molecule has 1 aromatic rings. The Balaban J connectivity index is 3.04. The van der Waals surface area contributed by atoms with E-state index >= 15 is 0 Å². The topological polar surface area (TPSA) is 105 Å². The standard InChI is InChI=1S/C12H20N4O3S/c1-3-6-16(9-12(17)14-2)20(18,19)11-5-4-10(7-13)15-8-11/h4-5,8H,3,6-7,9,13H2,1-2H3,(H,14,17). The summed E-state index contributed by atoms with van der Waals surface area (Å²) >= 11 is 0. The van der Waals surface area contributed by atoms with Crippen molar-refractivity contribution in [2.75, 3.05) is 20.1 Å². The van der Waals surface area contributed by atoms with Gasteiger partial charge in [0.25, 0.3) is 0 Å². The van der Waals surface area contributed by atoms with E-state index in [1.807, 2.05) is 6.92 Å². The van der Waals surface area contributed by atoms with Crippen molar-refractivity contribution in [2.45, 2.75) is 24.8 Å². The van der Waals surface area contributed by atoms with Crippen molar-refractivity contribution in [1.82, 2.24) is 14.6 Å². The number of nitrogens with two attached hydrogens (primary N) is 1. The van der Waals surface area contributed by atoms with Gasteiger partial charge >= 0.3 is 0 Å². The molecule has 0 atom stereocenters. The van der Waals surface area contributed by atoms with Gasteiger partial charge in [-0.15, -0.1) is 0 Å². The molecule has 1 aromatic heterocycles. The van der Waals surface area contributed by atoms with Crippen molar-refractivity contribution in [3.63, 3.8) is 0 Å². The van der Waals surface area contributed by atoms with Crippen LogP contribution >= 0.6 is 0 Å². The zero-order valence-corrected chi connectivity index (χ0v) is 12.5. The molecule has 0 spiro atoms. The van der Waals surface area contributed by atoms with Gasteiger partial charge in [0.1, 0.15) is 4.90 Å². The van der Waals surface area contributed by atoms with Crippen LogP contribution < -0.4 is 11.1 Å². The fourth-order valence-corrected chi connectivity index (χ4v) is 3.04. The number of pyridine rings is 1. The van der Waals surface area contributed by atoms with Crippen molar-refractivity contribution in [1.29, 1.82) is 0 Å². The van der Waals surface area contributed by atoms with Gasteiger partial charge in [-0.3, -0.25) is 9.78 Å². The first-order chi connectivity index (χ1) is 9.45. The van der Waals surface area contributed by atoms with Crippen LogP contribution in [-0.4, -0.2) is 43.8 Å². The highest BCUT2D eigenvalue weighted by molar-refractivity contribution is 7.89. The van der Waals surface area contributed by atoms with Gasteiger partial charge in [-0.05, 0) is 18.6 Å². The van der Waals surface area contributed by atoms with Crippen molar-refractivity contribution in [2.24, 2.45) is 5.73 Å². The van der Waals surface area contributed by atoms with Crippen LogP contribution in [0.15, 0.2) is 23.2 Å². The largest absolute Gasteiger partial charge is 0.358 e. The average molecular weight is 300 g/mol. The normalized spacial score (nSPS) is 11.6. The Kier molecular flexibility index (Phi) is 6.05. The molecule has 0 unspecified atom stereocenters. The second-order valence-electron chi connectivity index (χ2n) is 4.20. The van der Waals surface area contributed by atoms with E-state index in [4.69, 9.17) is 5.73 Å². The summed E-state index contributed by atoms with van der Waals surface area (Å²) in [4.78, 5) is 15.5. The minimum Gasteiger partial charge on any atom is -0.358 e. The molecule has 0 radical (unpaired) electrons. The Bertz CT molecular complexity index is 542. The second-order valence-corrected chi connectivity index (χ2v) is 6.14. The van der Waals surface area contributed by atoms with Crippen molar-refractivity contribution >= 4 is 15.9 Å². The number of nitrogens with zero attached hydrogens (tertiary/aromatic N) is 2. The van der Waals surface area contributed by atoms with E-state index in [0.717, 1.165) is 4.31 Å². The summed E-state index contributed by atoms with van der Waals surface area (Å²) in [6.45, 7) is 2.17. The second kappa shape index (κ2) is 7.32. The zero-order chi connectivity index (χ0) is 15.2. The zero-order valence-electron chi connectivity index (χ0n) is 11.7. The third-order valence-electron chi connectivity index (χ3n) is 2.72. The molecule has 0 saturated carbocycles. The van der Waals surface area contributed by atoms with Gasteiger partial charge in [0.15, 0.2) is 0 Å². The van der Waals surface area contributed by atoms with Crippen LogP contribution in [-0.2, 0) is 21.4 Å². The number of hydrogen-bond donors (Lipinski definition) is 2. The van der Waals surface area contributed by atoms with E-state index < -0.39 is 10.0 Å². The van der Waals surface area contributed by atoms with E-state index in [1.54, 1.807) is 6.07 Å². The summed E-state index contributed by atoms with van der Waals surface area (Å²) in [5.74, 6) is -0.353. The molecule has 7 nitrogen and oxygen atoms in total. The third-order valence-corrected chi connectivity index (χ3v) is 4.55. The van der Waals surface area contributed by atoms with Crippen molar-refractivity contribution < 1.29 is 13.2 Å². The quantitative estimate of drug-likeness (QED) is 0.718. The number of likely N-dealkylation sites (N-methyl/N-ethyl adjacent to an activating group) is 1. The number of carbonyl (C=O) groups excluding carboxylic acids is 1. The smallest absolute Gasteiger partial charge is 0.245 e.